The number of aryl methyl sites for hydroxylation is 1. The number of carbonyl (C=O) groups excluding carboxylic acids is 2. The zero-order valence-corrected chi connectivity index (χ0v) is 12.3. The van der Waals surface area contributed by atoms with Crippen molar-refractivity contribution in [3.05, 3.63) is 35.3 Å². The Bertz CT molecular complexity index is 753. The summed E-state index contributed by atoms with van der Waals surface area (Å²) in [6.45, 7) is 2.16. The summed E-state index contributed by atoms with van der Waals surface area (Å²) in [5, 5.41) is 0.566. The molecule has 0 spiro atoms. The van der Waals surface area contributed by atoms with Crippen LogP contribution in [-0.2, 0) is 4.79 Å². The predicted octanol–water partition coefficient (Wildman–Crippen LogP) is 2.36. The molecule has 5 nitrogen and oxygen atoms in total. The molecule has 3 rings (SSSR count). The van der Waals surface area contributed by atoms with E-state index in [1.807, 2.05) is 0 Å². The van der Waals surface area contributed by atoms with E-state index in [0.29, 0.717) is 23.9 Å². The smallest absolute Gasteiger partial charge is 0.290 e. The van der Waals surface area contributed by atoms with Crippen molar-refractivity contribution >= 4 is 22.8 Å². The third-order valence-corrected chi connectivity index (χ3v) is 4.20. The first kappa shape index (κ1) is 14.6. The number of hydrogen-bond donors (Lipinski definition) is 1. The molecule has 2 N–H and O–H groups in total. The Morgan fingerprint density at radius 3 is 2.82 bits per heavy atom. The highest BCUT2D eigenvalue weighted by molar-refractivity contribution is 6.01. The Labute approximate surface area is 126 Å². The summed E-state index contributed by atoms with van der Waals surface area (Å²) in [4.78, 5) is 25.7. The fourth-order valence-electron chi connectivity index (χ4n) is 3.01. The summed E-state index contributed by atoms with van der Waals surface area (Å²) in [6.07, 6.45) is 2.21. The van der Waals surface area contributed by atoms with Crippen LogP contribution < -0.4 is 5.73 Å². The first-order valence-electron chi connectivity index (χ1n) is 7.28. The van der Waals surface area contributed by atoms with Gasteiger partial charge in [0.05, 0.1) is 0 Å². The molecule has 2 aromatic rings. The number of likely N-dealkylation sites (tertiary alicyclic amines) is 1. The van der Waals surface area contributed by atoms with Gasteiger partial charge in [0.25, 0.3) is 5.91 Å². The van der Waals surface area contributed by atoms with Crippen LogP contribution >= 0.6 is 0 Å². The van der Waals surface area contributed by atoms with Crippen LogP contribution in [0.5, 0.6) is 0 Å². The second-order valence-corrected chi connectivity index (χ2v) is 5.59. The number of para-hydroxylation sites is 1. The van der Waals surface area contributed by atoms with Crippen LogP contribution in [0.1, 0.15) is 35.4 Å². The molecule has 1 aliphatic heterocycles. The molecule has 1 atom stereocenters. The summed E-state index contributed by atoms with van der Waals surface area (Å²) >= 11 is 0. The summed E-state index contributed by atoms with van der Waals surface area (Å²) in [5.41, 5.74) is 6.03. The molecule has 0 saturated carbocycles. The summed E-state index contributed by atoms with van der Waals surface area (Å²) in [7, 11) is 0. The number of rotatable bonds is 2. The van der Waals surface area contributed by atoms with Gasteiger partial charge in [0.2, 0.25) is 5.91 Å². The molecule has 0 bridgehead atoms. The van der Waals surface area contributed by atoms with Crippen molar-refractivity contribution in [2.45, 2.75) is 32.2 Å². The number of carbonyl (C=O) groups is 2. The average Bonchev–Trinajstić information content (AvgIpc) is 2.85. The maximum absolute atomic E-state index is 13.8. The van der Waals surface area contributed by atoms with Gasteiger partial charge < -0.3 is 15.1 Å². The van der Waals surface area contributed by atoms with Crippen molar-refractivity contribution < 1.29 is 18.4 Å². The SMILES string of the molecule is Cc1c(C(=O)N2CCCC[C@H]2C(N)=O)oc2c(F)cccc12. The summed E-state index contributed by atoms with van der Waals surface area (Å²) in [5.74, 6) is -1.36. The highest BCUT2D eigenvalue weighted by Crippen LogP contribution is 2.29. The lowest BCUT2D eigenvalue weighted by molar-refractivity contribution is -0.123. The van der Waals surface area contributed by atoms with Crippen molar-refractivity contribution in [3.63, 3.8) is 0 Å². The van der Waals surface area contributed by atoms with Gasteiger partial charge in [-0.05, 0) is 32.3 Å². The number of nitrogens with zero attached hydrogens (tertiary/aromatic N) is 1. The van der Waals surface area contributed by atoms with E-state index < -0.39 is 23.7 Å². The quantitative estimate of drug-likeness (QED) is 0.925. The molecule has 6 heteroatoms. The molecule has 2 amide bonds. The van der Waals surface area contributed by atoms with Gasteiger partial charge in [0.1, 0.15) is 6.04 Å². The highest BCUT2D eigenvalue weighted by atomic mass is 19.1. The Morgan fingerprint density at radius 2 is 2.14 bits per heavy atom. The fourth-order valence-corrected chi connectivity index (χ4v) is 3.01. The molecule has 116 valence electrons. The molecular formula is C16H17FN2O3. The van der Waals surface area contributed by atoms with E-state index in [9.17, 15) is 14.0 Å². The lowest BCUT2D eigenvalue weighted by atomic mass is 10.0. The fraction of sp³-hybridized carbons (Fsp3) is 0.375. The number of hydrogen-bond acceptors (Lipinski definition) is 3. The van der Waals surface area contributed by atoms with Crippen molar-refractivity contribution in [1.29, 1.82) is 0 Å². The van der Waals surface area contributed by atoms with E-state index in [0.717, 1.165) is 12.8 Å². The van der Waals surface area contributed by atoms with Gasteiger partial charge in [-0.1, -0.05) is 12.1 Å². The number of fused-ring (bicyclic) bond motifs is 1. The molecule has 0 aliphatic carbocycles. The lowest BCUT2D eigenvalue weighted by Crippen LogP contribution is -2.50. The number of piperidine rings is 1. The van der Waals surface area contributed by atoms with E-state index in [4.69, 9.17) is 10.2 Å². The maximum atomic E-state index is 13.8. The average molecular weight is 304 g/mol. The number of primary amides is 1. The number of furan rings is 1. The van der Waals surface area contributed by atoms with Crippen LogP contribution in [0.25, 0.3) is 11.0 Å². The minimum absolute atomic E-state index is 0.0657. The van der Waals surface area contributed by atoms with Gasteiger partial charge in [0.15, 0.2) is 17.2 Å². The van der Waals surface area contributed by atoms with Crippen molar-refractivity contribution in [2.75, 3.05) is 6.54 Å². The number of halogens is 1. The first-order valence-corrected chi connectivity index (χ1v) is 7.28. The summed E-state index contributed by atoms with van der Waals surface area (Å²) < 4.78 is 19.3. The van der Waals surface area contributed by atoms with Crippen LogP contribution in [0.2, 0.25) is 0 Å². The molecule has 1 fully saturated rings. The predicted molar refractivity (Wildman–Crippen MR) is 78.8 cm³/mol. The lowest BCUT2D eigenvalue weighted by Gasteiger charge is -2.33. The molecule has 2 heterocycles. The molecular weight excluding hydrogens is 287 g/mol. The van der Waals surface area contributed by atoms with Gasteiger partial charge in [-0.25, -0.2) is 4.39 Å². The van der Waals surface area contributed by atoms with Crippen molar-refractivity contribution in [2.24, 2.45) is 5.73 Å². The van der Waals surface area contributed by atoms with Gasteiger partial charge in [-0.3, -0.25) is 9.59 Å². The van der Waals surface area contributed by atoms with Crippen LogP contribution in [0, 0.1) is 12.7 Å². The van der Waals surface area contributed by atoms with Crippen LogP contribution in [0.15, 0.2) is 22.6 Å². The Hall–Kier alpha value is -2.37. The van der Waals surface area contributed by atoms with Gasteiger partial charge in [-0.15, -0.1) is 0 Å². The van der Waals surface area contributed by atoms with E-state index in [1.165, 1.54) is 11.0 Å². The minimum atomic E-state index is -0.626. The normalized spacial score (nSPS) is 18.6. The third-order valence-electron chi connectivity index (χ3n) is 4.20. The minimum Gasteiger partial charge on any atom is -0.448 e. The van der Waals surface area contributed by atoms with Gasteiger partial charge in [-0.2, -0.15) is 0 Å². The van der Waals surface area contributed by atoms with Gasteiger partial charge >= 0.3 is 0 Å². The van der Waals surface area contributed by atoms with E-state index in [1.54, 1.807) is 19.1 Å². The molecule has 22 heavy (non-hydrogen) atoms. The number of nitrogens with two attached hydrogens (primary N) is 1. The number of amides is 2. The first-order chi connectivity index (χ1) is 10.5. The third kappa shape index (κ3) is 2.24. The zero-order chi connectivity index (χ0) is 15.9. The van der Waals surface area contributed by atoms with Crippen molar-refractivity contribution in [1.82, 2.24) is 4.90 Å². The molecule has 1 aromatic carbocycles. The standard InChI is InChI=1S/C16H17FN2O3/c1-9-10-5-4-6-11(17)14(10)22-13(9)16(21)19-8-3-2-7-12(19)15(18)20/h4-6,12H,2-3,7-8H2,1H3,(H2,18,20)/t12-/m0/s1. The second-order valence-electron chi connectivity index (χ2n) is 5.59. The second kappa shape index (κ2) is 5.44. The van der Waals surface area contributed by atoms with Crippen LogP contribution in [-0.4, -0.2) is 29.3 Å². The Balaban J connectivity index is 2.03. The van der Waals surface area contributed by atoms with E-state index in [-0.39, 0.29) is 11.3 Å². The number of benzene rings is 1. The van der Waals surface area contributed by atoms with Crippen molar-refractivity contribution in [3.8, 4) is 0 Å². The largest absolute Gasteiger partial charge is 0.448 e. The maximum Gasteiger partial charge on any atom is 0.290 e. The molecule has 0 radical (unpaired) electrons. The monoisotopic (exact) mass is 304 g/mol. The molecule has 1 aromatic heterocycles. The highest BCUT2D eigenvalue weighted by Gasteiger charge is 2.34. The molecule has 1 aliphatic rings. The molecule has 1 saturated heterocycles. The van der Waals surface area contributed by atoms with Crippen LogP contribution in [0.4, 0.5) is 4.39 Å². The Morgan fingerprint density at radius 1 is 1.36 bits per heavy atom. The zero-order valence-electron chi connectivity index (χ0n) is 12.3. The Kier molecular flexibility index (Phi) is 3.60. The van der Waals surface area contributed by atoms with E-state index >= 15 is 0 Å². The van der Waals surface area contributed by atoms with Gasteiger partial charge in [0, 0.05) is 17.5 Å². The van der Waals surface area contributed by atoms with Crippen LogP contribution in [0.3, 0.4) is 0 Å². The topological polar surface area (TPSA) is 76.5 Å². The molecule has 0 unspecified atom stereocenters. The summed E-state index contributed by atoms with van der Waals surface area (Å²) in [6, 6.07) is 3.93. The van der Waals surface area contributed by atoms with E-state index in [2.05, 4.69) is 0 Å².